The molecule has 1 aromatic heterocycles. The lowest BCUT2D eigenvalue weighted by atomic mass is 10.1. The maximum absolute atomic E-state index is 13.0. The number of aliphatic carboxylic acids is 1. The van der Waals surface area contributed by atoms with Gasteiger partial charge in [0.15, 0.2) is 11.6 Å². The van der Waals surface area contributed by atoms with Crippen LogP contribution in [0.3, 0.4) is 0 Å². The summed E-state index contributed by atoms with van der Waals surface area (Å²) in [4.78, 5) is 11.2. The second-order valence-electron chi connectivity index (χ2n) is 3.70. The number of hydrogen-bond donors (Lipinski definition) is 1. The maximum Gasteiger partial charge on any atom is 0.303 e. The second-order valence-corrected chi connectivity index (χ2v) is 4.59. The van der Waals surface area contributed by atoms with Gasteiger partial charge in [-0.3, -0.25) is 4.79 Å². The van der Waals surface area contributed by atoms with Gasteiger partial charge in [0, 0.05) is 10.4 Å². The quantitative estimate of drug-likeness (QED) is 0.927. The van der Waals surface area contributed by atoms with Crippen LogP contribution in [0.4, 0.5) is 8.78 Å². The van der Waals surface area contributed by atoms with Gasteiger partial charge in [-0.1, -0.05) is 0 Å². The molecule has 0 spiro atoms. The Labute approximate surface area is 106 Å². The SMILES string of the molecule is O=C(O)CCc1cc(-c2ccc(F)c(F)c2)ns1. The molecule has 1 heterocycles. The molecule has 1 aromatic carbocycles. The van der Waals surface area contributed by atoms with E-state index in [9.17, 15) is 13.6 Å². The molecule has 0 unspecified atom stereocenters. The Morgan fingerprint density at radius 3 is 2.72 bits per heavy atom. The molecule has 18 heavy (non-hydrogen) atoms. The highest BCUT2D eigenvalue weighted by molar-refractivity contribution is 7.06. The number of benzene rings is 1. The second kappa shape index (κ2) is 5.22. The Morgan fingerprint density at radius 1 is 1.28 bits per heavy atom. The van der Waals surface area contributed by atoms with Crippen LogP contribution in [-0.4, -0.2) is 15.4 Å². The summed E-state index contributed by atoms with van der Waals surface area (Å²) in [5.41, 5.74) is 1.01. The summed E-state index contributed by atoms with van der Waals surface area (Å²) >= 11 is 1.17. The normalized spacial score (nSPS) is 10.6. The van der Waals surface area contributed by atoms with Crippen molar-refractivity contribution >= 4 is 17.5 Å². The average molecular weight is 269 g/mol. The number of aromatic nitrogens is 1. The molecule has 0 radical (unpaired) electrons. The van der Waals surface area contributed by atoms with Crippen molar-refractivity contribution in [3.8, 4) is 11.3 Å². The van der Waals surface area contributed by atoms with Crippen LogP contribution in [0.15, 0.2) is 24.3 Å². The van der Waals surface area contributed by atoms with Crippen LogP contribution in [-0.2, 0) is 11.2 Å². The summed E-state index contributed by atoms with van der Waals surface area (Å²) < 4.78 is 29.9. The molecule has 0 bridgehead atoms. The van der Waals surface area contributed by atoms with Crippen LogP contribution in [0.25, 0.3) is 11.3 Å². The highest BCUT2D eigenvalue weighted by Gasteiger charge is 2.09. The molecular weight excluding hydrogens is 260 g/mol. The molecule has 0 fully saturated rings. The van der Waals surface area contributed by atoms with Gasteiger partial charge in [-0.05, 0) is 42.2 Å². The summed E-state index contributed by atoms with van der Waals surface area (Å²) in [7, 11) is 0. The smallest absolute Gasteiger partial charge is 0.303 e. The van der Waals surface area contributed by atoms with Crippen molar-refractivity contribution in [3.63, 3.8) is 0 Å². The number of carboxylic acids is 1. The molecule has 94 valence electrons. The Morgan fingerprint density at radius 2 is 2.06 bits per heavy atom. The predicted molar refractivity (Wildman–Crippen MR) is 63.4 cm³/mol. The minimum Gasteiger partial charge on any atom is -0.481 e. The number of carboxylic acid groups (broad SMARTS) is 1. The molecule has 0 aliphatic rings. The number of nitrogens with zero attached hydrogens (tertiary/aromatic N) is 1. The first kappa shape index (κ1) is 12.6. The van der Waals surface area contributed by atoms with Crippen LogP contribution >= 0.6 is 11.5 Å². The van der Waals surface area contributed by atoms with Gasteiger partial charge in [-0.15, -0.1) is 0 Å². The van der Waals surface area contributed by atoms with E-state index in [1.165, 1.54) is 17.6 Å². The number of halogens is 2. The Kier molecular flexibility index (Phi) is 3.66. The Hall–Kier alpha value is -1.82. The molecule has 2 rings (SSSR count). The van der Waals surface area contributed by atoms with Crippen LogP contribution < -0.4 is 0 Å². The van der Waals surface area contributed by atoms with Crippen LogP contribution in [0, 0.1) is 11.6 Å². The molecule has 0 saturated carbocycles. The third-order valence-corrected chi connectivity index (χ3v) is 3.20. The van der Waals surface area contributed by atoms with E-state index in [0.29, 0.717) is 17.7 Å². The Bertz CT molecular complexity index is 583. The predicted octanol–water partition coefficient (Wildman–Crippen LogP) is 3.11. The topological polar surface area (TPSA) is 50.2 Å². The summed E-state index contributed by atoms with van der Waals surface area (Å²) in [6.45, 7) is 0. The van der Waals surface area contributed by atoms with Gasteiger partial charge in [0.2, 0.25) is 0 Å². The molecule has 3 nitrogen and oxygen atoms in total. The minimum absolute atomic E-state index is 0.0272. The van der Waals surface area contributed by atoms with E-state index in [1.54, 1.807) is 6.07 Å². The molecule has 0 amide bonds. The molecule has 0 atom stereocenters. The lowest BCUT2D eigenvalue weighted by Crippen LogP contribution is -1.95. The van der Waals surface area contributed by atoms with Gasteiger partial charge in [-0.2, -0.15) is 4.37 Å². The maximum atomic E-state index is 13.0. The van der Waals surface area contributed by atoms with E-state index in [2.05, 4.69) is 4.37 Å². The fraction of sp³-hybridized carbons (Fsp3) is 0.167. The Balaban J connectivity index is 2.18. The molecule has 0 aliphatic heterocycles. The van der Waals surface area contributed by atoms with Gasteiger partial charge in [0.25, 0.3) is 0 Å². The first-order valence-corrected chi connectivity index (χ1v) is 5.96. The van der Waals surface area contributed by atoms with E-state index >= 15 is 0 Å². The molecule has 6 heteroatoms. The van der Waals surface area contributed by atoms with Crippen molar-refractivity contribution in [1.82, 2.24) is 4.37 Å². The number of rotatable bonds is 4. The minimum atomic E-state index is -0.924. The summed E-state index contributed by atoms with van der Waals surface area (Å²) in [5.74, 6) is -2.70. The molecule has 1 N–H and O–H groups in total. The fourth-order valence-corrected chi connectivity index (χ4v) is 2.18. The van der Waals surface area contributed by atoms with E-state index in [4.69, 9.17) is 5.11 Å². The zero-order valence-electron chi connectivity index (χ0n) is 9.19. The van der Waals surface area contributed by atoms with Gasteiger partial charge in [0.05, 0.1) is 12.1 Å². The van der Waals surface area contributed by atoms with Crippen LogP contribution in [0.5, 0.6) is 0 Å². The molecular formula is C12H9F2NO2S. The first-order valence-electron chi connectivity index (χ1n) is 5.19. The zero-order valence-corrected chi connectivity index (χ0v) is 10.0. The summed E-state index contributed by atoms with van der Waals surface area (Å²) in [6, 6.07) is 5.25. The molecule has 0 aliphatic carbocycles. The van der Waals surface area contributed by atoms with Crippen LogP contribution in [0.2, 0.25) is 0 Å². The standard InChI is InChI=1S/C12H9F2NO2S/c13-9-3-1-7(5-10(9)14)11-6-8(18-15-11)2-4-12(16)17/h1,3,5-6H,2,4H2,(H,16,17). The van der Waals surface area contributed by atoms with Crippen LogP contribution in [0.1, 0.15) is 11.3 Å². The van der Waals surface area contributed by atoms with E-state index in [0.717, 1.165) is 17.0 Å². The van der Waals surface area contributed by atoms with Crippen molar-refractivity contribution in [2.45, 2.75) is 12.8 Å². The highest BCUT2D eigenvalue weighted by Crippen LogP contribution is 2.24. The largest absolute Gasteiger partial charge is 0.481 e. The van der Waals surface area contributed by atoms with Gasteiger partial charge >= 0.3 is 5.97 Å². The number of aryl methyl sites for hydroxylation is 1. The van der Waals surface area contributed by atoms with Crippen molar-refractivity contribution < 1.29 is 18.7 Å². The average Bonchev–Trinajstić information content (AvgIpc) is 2.79. The first-order chi connectivity index (χ1) is 8.56. The third kappa shape index (κ3) is 2.89. The fourth-order valence-electron chi connectivity index (χ4n) is 1.45. The van der Waals surface area contributed by atoms with Gasteiger partial charge < -0.3 is 5.11 Å². The number of carbonyl (C=O) groups is 1. The third-order valence-electron chi connectivity index (χ3n) is 2.36. The number of hydrogen-bond acceptors (Lipinski definition) is 3. The van der Waals surface area contributed by atoms with E-state index < -0.39 is 17.6 Å². The van der Waals surface area contributed by atoms with Gasteiger partial charge in [-0.25, -0.2) is 8.78 Å². The summed E-state index contributed by atoms with van der Waals surface area (Å²) in [5, 5.41) is 8.56. The summed E-state index contributed by atoms with van der Waals surface area (Å²) in [6.07, 6.45) is 0.413. The van der Waals surface area contributed by atoms with Crippen molar-refractivity contribution in [3.05, 3.63) is 40.8 Å². The van der Waals surface area contributed by atoms with Crippen molar-refractivity contribution in [2.75, 3.05) is 0 Å². The lowest BCUT2D eigenvalue weighted by Gasteiger charge is -1.97. The molecule has 0 saturated heterocycles. The van der Waals surface area contributed by atoms with E-state index in [-0.39, 0.29) is 6.42 Å². The van der Waals surface area contributed by atoms with Crippen molar-refractivity contribution in [2.24, 2.45) is 0 Å². The zero-order chi connectivity index (χ0) is 13.1. The van der Waals surface area contributed by atoms with Crippen molar-refractivity contribution in [1.29, 1.82) is 0 Å². The molecule has 2 aromatic rings. The van der Waals surface area contributed by atoms with E-state index in [1.807, 2.05) is 0 Å². The monoisotopic (exact) mass is 269 g/mol. The van der Waals surface area contributed by atoms with Gasteiger partial charge in [0.1, 0.15) is 0 Å². The lowest BCUT2D eigenvalue weighted by molar-refractivity contribution is -0.136. The highest BCUT2D eigenvalue weighted by atomic mass is 32.1.